The van der Waals surface area contributed by atoms with Gasteiger partial charge in [0.15, 0.2) is 5.78 Å². The van der Waals surface area contributed by atoms with Crippen molar-refractivity contribution in [2.45, 2.75) is 58.4 Å². The Morgan fingerprint density at radius 3 is 2.25 bits per heavy atom. The topological polar surface area (TPSA) is 46.2 Å². The van der Waals surface area contributed by atoms with E-state index >= 15 is 0 Å². The fraction of sp³-hybridized carbons (Fsp3) is 0.692. The summed E-state index contributed by atoms with van der Waals surface area (Å²) < 4.78 is 0. The molecule has 1 amide bonds. The number of carbonyl (C=O) groups is 2. The Balaban J connectivity index is 3.90. The summed E-state index contributed by atoms with van der Waals surface area (Å²) in [4.78, 5) is 22.5. The molecule has 0 aromatic carbocycles. The zero-order valence-electron chi connectivity index (χ0n) is 10.6. The Labute approximate surface area is 98.3 Å². The molecule has 0 saturated heterocycles. The fourth-order valence-electron chi connectivity index (χ4n) is 1.35. The Bertz CT molecular complexity index is 255. The molecule has 3 nitrogen and oxygen atoms in total. The molecule has 0 aliphatic carbocycles. The minimum atomic E-state index is -0.112. The number of ketones is 1. The van der Waals surface area contributed by atoms with Crippen molar-refractivity contribution in [3.8, 4) is 0 Å². The first kappa shape index (κ1) is 14.9. The molecule has 0 aromatic rings. The van der Waals surface area contributed by atoms with Crippen LogP contribution in [0.4, 0.5) is 0 Å². The van der Waals surface area contributed by atoms with Gasteiger partial charge < -0.3 is 5.32 Å². The second-order valence-electron chi connectivity index (χ2n) is 4.34. The predicted molar refractivity (Wildman–Crippen MR) is 66.2 cm³/mol. The lowest BCUT2D eigenvalue weighted by Crippen LogP contribution is -2.44. The standard InChI is InChI=1S/C13H23NO2/c1-5-11(15)9-8-10-12(16)14-13(4,6-2)7-3/h5H,1,6-10H2,2-4H3,(H,14,16). The number of allylic oxidation sites excluding steroid dienone is 1. The highest BCUT2D eigenvalue weighted by Crippen LogP contribution is 2.14. The zero-order chi connectivity index (χ0) is 12.6. The van der Waals surface area contributed by atoms with Crippen LogP contribution >= 0.6 is 0 Å². The molecule has 0 fully saturated rings. The van der Waals surface area contributed by atoms with E-state index in [0.29, 0.717) is 19.3 Å². The van der Waals surface area contributed by atoms with Crippen LogP contribution in [0.1, 0.15) is 52.9 Å². The molecule has 0 unspecified atom stereocenters. The minimum absolute atomic E-state index is 0.00143. The molecule has 16 heavy (non-hydrogen) atoms. The summed E-state index contributed by atoms with van der Waals surface area (Å²) in [5, 5.41) is 3.01. The smallest absolute Gasteiger partial charge is 0.220 e. The van der Waals surface area contributed by atoms with E-state index in [1.165, 1.54) is 6.08 Å². The first-order valence-electron chi connectivity index (χ1n) is 5.93. The number of hydrogen-bond donors (Lipinski definition) is 1. The van der Waals surface area contributed by atoms with E-state index in [-0.39, 0.29) is 17.2 Å². The van der Waals surface area contributed by atoms with E-state index in [1.54, 1.807) is 0 Å². The molecule has 0 spiro atoms. The summed E-state index contributed by atoms with van der Waals surface area (Å²) in [6.07, 6.45) is 4.56. The van der Waals surface area contributed by atoms with Crippen molar-refractivity contribution in [2.75, 3.05) is 0 Å². The minimum Gasteiger partial charge on any atom is -0.351 e. The lowest BCUT2D eigenvalue weighted by molar-refractivity contribution is -0.123. The molecule has 0 aliphatic rings. The van der Waals surface area contributed by atoms with Crippen molar-refractivity contribution >= 4 is 11.7 Å². The summed E-state index contributed by atoms with van der Waals surface area (Å²) >= 11 is 0. The van der Waals surface area contributed by atoms with Crippen molar-refractivity contribution in [3.63, 3.8) is 0 Å². The van der Waals surface area contributed by atoms with Crippen molar-refractivity contribution in [2.24, 2.45) is 0 Å². The summed E-state index contributed by atoms with van der Waals surface area (Å²) in [6, 6.07) is 0. The molecule has 0 saturated carbocycles. The molecule has 3 heteroatoms. The van der Waals surface area contributed by atoms with Gasteiger partial charge in [-0.25, -0.2) is 0 Å². The third-order valence-corrected chi connectivity index (χ3v) is 3.06. The molecule has 0 rings (SSSR count). The van der Waals surface area contributed by atoms with Crippen LogP contribution in [0.15, 0.2) is 12.7 Å². The van der Waals surface area contributed by atoms with Crippen LogP contribution in [0.2, 0.25) is 0 Å². The average Bonchev–Trinajstić information content (AvgIpc) is 2.28. The lowest BCUT2D eigenvalue weighted by atomic mass is 9.95. The van der Waals surface area contributed by atoms with E-state index in [0.717, 1.165) is 12.8 Å². The van der Waals surface area contributed by atoms with Crippen LogP contribution in [-0.2, 0) is 9.59 Å². The summed E-state index contributed by atoms with van der Waals surface area (Å²) in [6.45, 7) is 9.56. The van der Waals surface area contributed by atoms with Gasteiger partial charge in [-0.2, -0.15) is 0 Å². The number of nitrogens with one attached hydrogen (secondary N) is 1. The third-order valence-electron chi connectivity index (χ3n) is 3.06. The fourth-order valence-corrected chi connectivity index (χ4v) is 1.35. The predicted octanol–water partition coefficient (Wildman–Crippen LogP) is 2.61. The van der Waals surface area contributed by atoms with Gasteiger partial charge in [0.25, 0.3) is 0 Å². The van der Waals surface area contributed by atoms with Crippen LogP contribution in [0.25, 0.3) is 0 Å². The van der Waals surface area contributed by atoms with E-state index in [9.17, 15) is 9.59 Å². The third kappa shape index (κ3) is 5.69. The number of rotatable bonds is 8. The molecular formula is C13H23NO2. The van der Waals surface area contributed by atoms with Crippen molar-refractivity contribution < 1.29 is 9.59 Å². The monoisotopic (exact) mass is 225 g/mol. The van der Waals surface area contributed by atoms with Crippen LogP contribution < -0.4 is 5.32 Å². The van der Waals surface area contributed by atoms with Gasteiger partial charge >= 0.3 is 0 Å². The molecule has 0 bridgehead atoms. The summed E-state index contributed by atoms with van der Waals surface area (Å²) in [7, 11) is 0. The van der Waals surface area contributed by atoms with E-state index in [1.807, 2.05) is 6.92 Å². The highest BCUT2D eigenvalue weighted by atomic mass is 16.1. The summed E-state index contributed by atoms with van der Waals surface area (Å²) in [5.41, 5.74) is -0.112. The van der Waals surface area contributed by atoms with Gasteiger partial charge in [-0.1, -0.05) is 20.4 Å². The molecule has 0 aromatic heterocycles. The second kappa shape index (κ2) is 7.20. The van der Waals surface area contributed by atoms with Crippen LogP contribution in [-0.4, -0.2) is 17.2 Å². The molecule has 92 valence electrons. The van der Waals surface area contributed by atoms with Gasteiger partial charge in [-0.05, 0) is 32.3 Å². The van der Waals surface area contributed by atoms with Gasteiger partial charge in [-0.3, -0.25) is 9.59 Å². The van der Waals surface area contributed by atoms with E-state index in [4.69, 9.17) is 0 Å². The van der Waals surface area contributed by atoms with Gasteiger partial charge in [0.2, 0.25) is 5.91 Å². The number of amides is 1. The van der Waals surface area contributed by atoms with Crippen molar-refractivity contribution in [3.05, 3.63) is 12.7 Å². The highest BCUT2D eigenvalue weighted by molar-refractivity contribution is 5.89. The Morgan fingerprint density at radius 1 is 1.25 bits per heavy atom. The SMILES string of the molecule is C=CC(=O)CCCC(=O)NC(C)(CC)CC. The Morgan fingerprint density at radius 2 is 1.81 bits per heavy atom. The molecule has 1 N–H and O–H groups in total. The lowest BCUT2D eigenvalue weighted by Gasteiger charge is -2.28. The zero-order valence-corrected chi connectivity index (χ0v) is 10.6. The molecule has 0 atom stereocenters. The quantitative estimate of drug-likeness (QED) is 0.645. The van der Waals surface area contributed by atoms with Crippen molar-refractivity contribution in [1.29, 1.82) is 0 Å². The van der Waals surface area contributed by atoms with Crippen LogP contribution in [0, 0.1) is 0 Å². The average molecular weight is 225 g/mol. The Kier molecular flexibility index (Phi) is 6.70. The molecule has 0 heterocycles. The van der Waals surface area contributed by atoms with Crippen LogP contribution in [0.3, 0.4) is 0 Å². The maximum atomic E-state index is 11.6. The van der Waals surface area contributed by atoms with Gasteiger partial charge in [-0.15, -0.1) is 0 Å². The highest BCUT2D eigenvalue weighted by Gasteiger charge is 2.21. The first-order valence-corrected chi connectivity index (χ1v) is 5.93. The molecule has 0 aliphatic heterocycles. The van der Waals surface area contributed by atoms with Gasteiger partial charge in [0.05, 0.1) is 0 Å². The molecule has 0 radical (unpaired) electrons. The first-order chi connectivity index (χ1) is 7.47. The van der Waals surface area contributed by atoms with Gasteiger partial charge in [0, 0.05) is 18.4 Å². The number of carbonyl (C=O) groups excluding carboxylic acids is 2. The van der Waals surface area contributed by atoms with Crippen molar-refractivity contribution in [1.82, 2.24) is 5.32 Å². The van der Waals surface area contributed by atoms with Gasteiger partial charge in [0.1, 0.15) is 0 Å². The molecular weight excluding hydrogens is 202 g/mol. The number of hydrogen-bond acceptors (Lipinski definition) is 2. The maximum absolute atomic E-state index is 11.6. The maximum Gasteiger partial charge on any atom is 0.220 e. The normalized spacial score (nSPS) is 10.9. The van der Waals surface area contributed by atoms with Crippen LogP contribution in [0.5, 0.6) is 0 Å². The largest absolute Gasteiger partial charge is 0.351 e. The summed E-state index contributed by atoms with van der Waals surface area (Å²) in [5.74, 6) is 0.0320. The van der Waals surface area contributed by atoms with E-state index in [2.05, 4.69) is 25.7 Å². The van der Waals surface area contributed by atoms with E-state index < -0.39 is 0 Å². The second-order valence-corrected chi connectivity index (χ2v) is 4.34. The Hall–Kier alpha value is -1.12.